The van der Waals surface area contributed by atoms with E-state index in [9.17, 15) is 17.6 Å². The average molecular weight is 435 g/mol. The van der Waals surface area contributed by atoms with Gasteiger partial charge in [-0.15, -0.1) is 0 Å². The molecule has 1 aliphatic carbocycles. The lowest BCUT2D eigenvalue weighted by molar-refractivity contribution is -0.126. The van der Waals surface area contributed by atoms with Crippen LogP contribution in [0.15, 0.2) is 35.5 Å². The molecule has 4 rings (SSSR count). The van der Waals surface area contributed by atoms with Crippen LogP contribution in [0, 0.1) is 18.7 Å². The van der Waals surface area contributed by atoms with Crippen molar-refractivity contribution < 1.29 is 17.6 Å². The first-order valence-electron chi connectivity index (χ1n) is 10.3. The van der Waals surface area contributed by atoms with Crippen molar-refractivity contribution in [2.45, 2.75) is 43.0 Å². The predicted molar refractivity (Wildman–Crippen MR) is 110 cm³/mol. The maximum absolute atomic E-state index is 13.2. The largest absolute Gasteiger partial charge is 0.355 e. The minimum absolute atomic E-state index is 0.0332. The summed E-state index contributed by atoms with van der Waals surface area (Å²) in [5, 5.41) is 3.10. The summed E-state index contributed by atoms with van der Waals surface area (Å²) in [6, 6.07) is 6.49. The molecular weight excluding hydrogens is 407 g/mol. The first-order valence-corrected chi connectivity index (χ1v) is 11.7. The van der Waals surface area contributed by atoms with Crippen LogP contribution in [0.2, 0.25) is 0 Å². The quantitative estimate of drug-likeness (QED) is 0.755. The van der Waals surface area contributed by atoms with Crippen LogP contribution in [0.1, 0.15) is 37.1 Å². The zero-order valence-electron chi connectivity index (χ0n) is 17.3. The van der Waals surface area contributed by atoms with Gasteiger partial charge < -0.3 is 9.88 Å². The van der Waals surface area contributed by atoms with Gasteiger partial charge in [0.1, 0.15) is 11.6 Å². The Balaban J connectivity index is 1.32. The molecule has 2 aliphatic rings. The number of rotatable bonds is 6. The molecular formula is C21H27FN4O3S. The molecule has 1 saturated carbocycles. The number of carbonyl (C=O) groups excluding carboxylic acids is 1. The second-order valence-electron chi connectivity index (χ2n) is 8.42. The van der Waals surface area contributed by atoms with Gasteiger partial charge in [-0.05, 0) is 50.3 Å². The highest BCUT2D eigenvalue weighted by Crippen LogP contribution is 2.47. The Hall–Kier alpha value is -2.26. The van der Waals surface area contributed by atoms with Gasteiger partial charge in [-0.2, -0.15) is 4.31 Å². The maximum Gasteiger partial charge on any atom is 0.262 e. The minimum Gasteiger partial charge on any atom is -0.355 e. The van der Waals surface area contributed by atoms with Gasteiger partial charge in [-0.1, -0.05) is 12.1 Å². The molecule has 1 aromatic carbocycles. The average Bonchev–Trinajstić information content (AvgIpc) is 3.45. The zero-order chi connectivity index (χ0) is 21.5. The van der Waals surface area contributed by atoms with E-state index in [0.29, 0.717) is 38.3 Å². The summed E-state index contributed by atoms with van der Waals surface area (Å²) in [6.07, 6.45) is 4.44. The molecule has 1 aliphatic heterocycles. The number of piperidine rings is 1. The van der Waals surface area contributed by atoms with Gasteiger partial charge in [0, 0.05) is 44.2 Å². The molecule has 2 aromatic rings. The first-order chi connectivity index (χ1) is 14.2. The fourth-order valence-corrected chi connectivity index (χ4v) is 5.56. The van der Waals surface area contributed by atoms with E-state index in [1.807, 2.05) is 0 Å². The van der Waals surface area contributed by atoms with Crippen molar-refractivity contribution >= 4 is 15.9 Å². The third-order valence-corrected chi connectivity index (χ3v) is 8.20. The van der Waals surface area contributed by atoms with Crippen molar-refractivity contribution in [2.75, 3.05) is 19.6 Å². The minimum atomic E-state index is -3.64. The van der Waals surface area contributed by atoms with Crippen LogP contribution in [0.4, 0.5) is 4.39 Å². The number of aryl methyl sites for hydroxylation is 2. The summed E-state index contributed by atoms with van der Waals surface area (Å²) >= 11 is 0. The van der Waals surface area contributed by atoms with Crippen LogP contribution >= 0.6 is 0 Å². The standard InChI is InChI=1S/C21H27FN4O3S/c1-15-24-19(13-25(15)2)30(28,29)26-11-7-16(8-12-26)20(27)23-14-21(9-10-21)17-3-5-18(22)6-4-17/h3-6,13,16H,7-12,14H2,1-2H3,(H,23,27). The van der Waals surface area contributed by atoms with Crippen LogP contribution in [-0.4, -0.2) is 47.8 Å². The van der Waals surface area contributed by atoms with E-state index in [-0.39, 0.29) is 28.1 Å². The number of carbonyl (C=O) groups is 1. The molecule has 162 valence electrons. The molecule has 0 unspecified atom stereocenters. The number of sulfonamides is 1. The van der Waals surface area contributed by atoms with Gasteiger partial charge in [-0.3, -0.25) is 4.79 Å². The second kappa shape index (κ2) is 7.77. The van der Waals surface area contributed by atoms with Crippen LogP contribution < -0.4 is 5.32 Å². The number of aromatic nitrogens is 2. The fourth-order valence-electron chi connectivity index (χ4n) is 4.06. The zero-order valence-corrected chi connectivity index (χ0v) is 18.1. The first kappa shape index (κ1) is 21.0. The van der Waals surface area contributed by atoms with Crippen molar-refractivity contribution in [3.05, 3.63) is 47.7 Å². The smallest absolute Gasteiger partial charge is 0.262 e. The Morgan fingerprint density at radius 1 is 1.23 bits per heavy atom. The molecule has 0 spiro atoms. The topological polar surface area (TPSA) is 84.3 Å². The van der Waals surface area contributed by atoms with E-state index in [1.54, 1.807) is 30.7 Å². The highest BCUT2D eigenvalue weighted by molar-refractivity contribution is 7.89. The SMILES string of the molecule is Cc1nc(S(=O)(=O)N2CCC(C(=O)NCC3(c4ccc(F)cc4)CC3)CC2)cn1C. The van der Waals surface area contributed by atoms with E-state index in [1.165, 1.54) is 22.6 Å². The lowest BCUT2D eigenvalue weighted by Crippen LogP contribution is -2.44. The summed E-state index contributed by atoms with van der Waals surface area (Å²) in [5.41, 5.74) is 0.959. The normalized spacial score (nSPS) is 19.6. The Kier molecular flexibility index (Phi) is 5.44. The highest BCUT2D eigenvalue weighted by atomic mass is 32.2. The van der Waals surface area contributed by atoms with Gasteiger partial charge in [0.15, 0.2) is 5.03 Å². The monoisotopic (exact) mass is 434 g/mol. The van der Waals surface area contributed by atoms with Gasteiger partial charge in [0.2, 0.25) is 5.91 Å². The summed E-state index contributed by atoms with van der Waals surface area (Å²) in [5.74, 6) is 0.138. The van der Waals surface area contributed by atoms with Crippen LogP contribution in [0.25, 0.3) is 0 Å². The number of nitrogens with one attached hydrogen (secondary N) is 1. The van der Waals surface area contributed by atoms with Crippen molar-refractivity contribution in [1.82, 2.24) is 19.2 Å². The van der Waals surface area contributed by atoms with Crippen LogP contribution in [0.5, 0.6) is 0 Å². The molecule has 30 heavy (non-hydrogen) atoms. The lowest BCUT2D eigenvalue weighted by Gasteiger charge is -2.30. The molecule has 7 nitrogen and oxygen atoms in total. The Morgan fingerprint density at radius 2 is 1.87 bits per heavy atom. The number of imidazole rings is 1. The van der Waals surface area contributed by atoms with Crippen molar-refractivity contribution in [1.29, 1.82) is 0 Å². The molecule has 0 radical (unpaired) electrons. The number of nitrogens with zero attached hydrogens (tertiary/aromatic N) is 3. The van der Waals surface area contributed by atoms with Crippen LogP contribution in [0.3, 0.4) is 0 Å². The van der Waals surface area contributed by atoms with E-state index in [2.05, 4.69) is 10.3 Å². The number of benzene rings is 1. The van der Waals surface area contributed by atoms with Gasteiger partial charge in [0.25, 0.3) is 10.0 Å². The molecule has 2 heterocycles. The van der Waals surface area contributed by atoms with Crippen molar-refractivity contribution in [3.63, 3.8) is 0 Å². The Bertz CT molecular complexity index is 1020. The molecule has 1 amide bonds. The number of amides is 1. The lowest BCUT2D eigenvalue weighted by atomic mass is 9.94. The molecule has 1 saturated heterocycles. The molecule has 1 aromatic heterocycles. The van der Waals surface area contributed by atoms with Crippen LogP contribution in [-0.2, 0) is 27.3 Å². The van der Waals surface area contributed by atoms with Crippen molar-refractivity contribution in [2.24, 2.45) is 13.0 Å². The molecule has 0 atom stereocenters. The molecule has 1 N–H and O–H groups in total. The summed E-state index contributed by atoms with van der Waals surface area (Å²) < 4.78 is 41.9. The summed E-state index contributed by atoms with van der Waals surface area (Å²) in [7, 11) is -1.88. The van der Waals surface area contributed by atoms with Gasteiger partial charge in [-0.25, -0.2) is 17.8 Å². The Labute approximate surface area is 176 Å². The predicted octanol–water partition coefficient (Wildman–Crippen LogP) is 2.12. The van der Waals surface area contributed by atoms with Gasteiger partial charge >= 0.3 is 0 Å². The van der Waals surface area contributed by atoms with E-state index in [4.69, 9.17) is 0 Å². The third kappa shape index (κ3) is 4.00. The maximum atomic E-state index is 13.2. The van der Waals surface area contributed by atoms with E-state index < -0.39 is 10.0 Å². The van der Waals surface area contributed by atoms with Gasteiger partial charge in [0.05, 0.1) is 0 Å². The summed E-state index contributed by atoms with van der Waals surface area (Å²) in [4.78, 5) is 16.8. The number of halogens is 1. The Morgan fingerprint density at radius 3 is 2.40 bits per heavy atom. The third-order valence-electron chi connectivity index (χ3n) is 6.43. The fraction of sp³-hybridized carbons (Fsp3) is 0.524. The number of hydrogen-bond acceptors (Lipinski definition) is 4. The second-order valence-corrected chi connectivity index (χ2v) is 10.3. The summed E-state index contributed by atoms with van der Waals surface area (Å²) in [6.45, 7) is 2.90. The molecule has 9 heteroatoms. The molecule has 2 fully saturated rings. The number of hydrogen-bond donors (Lipinski definition) is 1. The van der Waals surface area contributed by atoms with Crippen molar-refractivity contribution in [3.8, 4) is 0 Å². The van der Waals surface area contributed by atoms with E-state index >= 15 is 0 Å². The van der Waals surface area contributed by atoms with E-state index in [0.717, 1.165) is 18.4 Å². The highest BCUT2D eigenvalue weighted by Gasteiger charge is 2.44. The molecule has 0 bridgehead atoms.